The summed E-state index contributed by atoms with van der Waals surface area (Å²) in [6.45, 7) is 1.85. The van der Waals surface area contributed by atoms with Crippen molar-refractivity contribution in [3.05, 3.63) is 52.7 Å². The van der Waals surface area contributed by atoms with Crippen molar-refractivity contribution in [1.82, 2.24) is 4.98 Å². The number of carbonyl (C=O) groups is 1. The van der Waals surface area contributed by atoms with Crippen molar-refractivity contribution in [2.45, 2.75) is 6.92 Å². The van der Waals surface area contributed by atoms with Gasteiger partial charge in [0.1, 0.15) is 11.6 Å². The van der Waals surface area contributed by atoms with Gasteiger partial charge in [0.05, 0.1) is 12.7 Å². The number of halogens is 1. The summed E-state index contributed by atoms with van der Waals surface area (Å²) in [6.07, 6.45) is 1.61. The Morgan fingerprint density at radius 1 is 1.37 bits per heavy atom. The Bertz CT molecular complexity index is 600. The number of carbonyl (C=O) groups excluding carboxylic acids is 1. The van der Waals surface area contributed by atoms with E-state index >= 15 is 0 Å². The second-order valence-corrected chi connectivity index (χ2v) is 4.38. The first-order valence-corrected chi connectivity index (χ1v) is 6.06. The molecule has 1 amide bonds. The minimum Gasteiger partial charge on any atom is -0.496 e. The molecular weight excluding hydrogens is 264 g/mol. The van der Waals surface area contributed by atoms with Crippen LogP contribution in [0.4, 0.5) is 5.82 Å². The SMILES string of the molecule is COc1cc(C)c(Cl)cc1C(=O)Nc1ccccn1. The van der Waals surface area contributed by atoms with Gasteiger partial charge in [0.2, 0.25) is 0 Å². The normalized spacial score (nSPS) is 10.1. The Balaban J connectivity index is 2.31. The van der Waals surface area contributed by atoms with E-state index in [0.717, 1.165) is 5.56 Å². The van der Waals surface area contributed by atoms with Gasteiger partial charge in [0, 0.05) is 11.2 Å². The summed E-state index contributed by atoms with van der Waals surface area (Å²) >= 11 is 6.04. The Morgan fingerprint density at radius 2 is 2.16 bits per heavy atom. The van der Waals surface area contributed by atoms with Gasteiger partial charge in [-0.15, -0.1) is 0 Å². The first kappa shape index (κ1) is 13.4. The maximum atomic E-state index is 12.2. The Morgan fingerprint density at radius 3 is 2.79 bits per heavy atom. The molecule has 0 fully saturated rings. The highest BCUT2D eigenvalue weighted by molar-refractivity contribution is 6.32. The summed E-state index contributed by atoms with van der Waals surface area (Å²) in [7, 11) is 1.51. The Labute approximate surface area is 116 Å². The standard InChI is InChI=1S/C14H13ClN2O2/c1-9-7-12(19-2)10(8-11(9)15)14(18)17-13-5-3-4-6-16-13/h3-8H,1-2H3,(H,16,17,18). The molecule has 0 atom stereocenters. The van der Waals surface area contributed by atoms with Crippen LogP contribution in [0.1, 0.15) is 15.9 Å². The molecule has 0 unspecified atom stereocenters. The molecule has 0 saturated carbocycles. The lowest BCUT2D eigenvalue weighted by Gasteiger charge is -2.10. The average molecular weight is 277 g/mol. The van der Waals surface area contributed by atoms with Crippen molar-refractivity contribution >= 4 is 23.3 Å². The molecule has 1 aromatic heterocycles. The maximum absolute atomic E-state index is 12.2. The number of anilines is 1. The summed E-state index contributed by atoms with van der Waals surface area (Å²) < 4.78 is 5.20. The topological polar surface area (TPSA) is 51.2 Å². The predicted octanol–water partition coefficient (Wildman–Crippen LogP) is 3.30. The Hall–Kier alpha value is -2.07. The van der Waals surface area contributed by atoms with E-state index in [0.29, 0.717) is 22.2 Å². The van der Waals surface area contributed by atoms with Crippen LogP contribution in [0.5, 0.6) is 5.75 Å². The third kappa shape index (κ3) is 3.03. The first-order valence-electron chi connectivity index (χ1n) is 5.68. The molecule has 1 aromatic carbocycles. The quantitative estimate of drug-likeness (QED) is 0.936. The minimum absolute atomic E-state index is 0.308. The van der Waals surface area contributed by atoms with Crippen LogP contribution in [0.25, 0.3) is 0 Å². The van der Waals surface area contributed by atoms with Crippen molar-refractivity contribution < 1.29 is 9.53 Å². The molecule has 0 saturated heterocycles. The molecule has 0 spiro atoms. The van der Waals surface area contributed by atoms with E-state index in [1.54, 1.807) is 36.5 Å². The van der Waals surface area contributed by atoms with Crippen LogP contribution in [0.2, 0.25) is 5.02 Å². The van der Waals surface area contributed by atoms with Crippen molar-refractivity contribution in [2.24, 2.45) is 0 Å². The number of hydrogen-bond acceptors (Lipinski definition) is 3. The fourth-order valence-electron chi connectivity index (χ4n) is 1.62. The first-order chi connectivity index (χ1) is 9.11. The van der Waals surface area contributed by atoms with Gasteiger partial charge in [-0.3, -0.25) is 4.79 Å². The molecule has 0 radical (unpaired) electrons. The molecule has 0 aliphatic rings. The summed E-state index contributed by atoms with van der Waals surface area (Å²) in [5, 5.41) is 3.21. The molecular formula is C14H13ClN2O2. The van der Waals surface area contributed by atoms with Crippen LogP contribution in [-0.4, -0.2) is 18.0 Å². The third-order valence-corrected chi connectivity index (χ3v) is 3.04. The summed E-state index contributed by atoms with van der Waals surface area (Å²) in [6, 6.07) is 8.60. The number of hydrogen-bond donors (Lipinski definition) is 1. The van der Waals surface area contributed by atoms with Gasteiger partial charge in [-0.25, -0.2) is 4.98 Å². The van der Waals surface area contributed by atoms with Gasteiger partial charge in [-0.2, -0.15) is 0 Å². The molecule has 2 rings (SSSR count). The highest BCUT2D eigenvalue weighted by Crippen LogP contribution is 2.27. The van der Waals surface area contributed by atoms with E-state index in [9.17, 15) is 4.79 Å². The largest absolute Gasteiger partial charge is 0.496 e. The third-order valence-electron chi connectivity index (χ3n) is 2.63. The molecule has 4 nitrogen and oxygen atoms in total. The van der Waals surface area contributed by atoms with Crippen LogP contribution in [0, 0.1) is 6.92 Å². The number of amides is 1. The van der Waals surface area contributed by atoms with Crippen LogP contribution < -0.4 is 10.1 Å². The zero-order chi connectivity index (χ0) is 13.8. The highest BCUT2D eigenvalue weighted by Gasteiger charge is 2.15. The second-order valence-electron chi connectivity index (χ2n) is 3.97. The van der Waals surface area contributed by atoms with E-state index in [2.05, 4.69) is 10.3 Å². The minimum atomic E-state index is -0.308. The predicted molar refractivity (Wildman–Crippen MR) is 74.9 cm³/mol. The van der Waals surface area contributed by atoms with Crippen LogP contribution in [-0.2, 0) is 0 Å². The zero-order valence-electron chi connectivity index (χ0n) is 10.6. The lowest BCUT2D eigenvalue weighted by molar-refractivity contribution is 0.102. The lowest BCUT2D eigenvalue weighted by Crippen LogP contribution is -2.14. The van der Waals surface area contributed by atoms with Gasteiger partial charge >= 0.3 is 0 Å². The number of methoxy groups -OCH3 is 1. The highest BCUT2D eigenvalue weighted by atomic mass is 35.5. The van der Waals surface area contributed by atoms with E-state index in [1.165, 1.54) is 7.11 Å². The number of nitrogens with one attached hydrogen (secondary N) is 1. The summed E-state index contributed by atoms with van der Waals surface area (Å²) in [5.74, 6) is 0.652. The molecule has 98 valence electrons. The van der Waals surface area contributed by atoms with Gasteiger partial charge in [-0.05, 0) is 36.8 Å². The zero-order valence-corrected chi connectivity index (χ0v) is 11.4. The van der Waals surface area contributed by atoms with Crippen molar-refractivity contribution in [1.29, 1.82) is 0 Å². The number of aryl methyl sites for hydroxylation is 1. The van der Waals surface area contributed by atoms with E-state index in [4.69, 9.17) is 16.3 Å². The van der Waals surface area contributed by atoms with E-state index in [-0.39, 0.29) is 5.91 Å². The molecule has 19 heavy (non-hydrogen) atoms. The smallest absolute Gasteiger partial charge is 0.260 e. The molecule has 1 N–H and O–H groups in total. The van der Waals surface area contributed by atoms with Crippen molar-refractivity contribution in [2.75, 3.05) is 12.4 Å². The van der Waals surface area contributed by atoms with Crippen LogP contribution >= 0.6 is 11.6 Å². The summed E-state index contributed by atoms with van der Waals surface area (Å²) in [5.41, 5.74) is 1.23. The molecule has 0 bridgehead atoms. The second kappa shape index (κ2) is 5.71. The van der Waals surface area contributed by atoms with Crippen LogP contribution in [0.3, 0.4) is 0 Å². The molecule has 5 heteroatoms. The number of aromatic nitrogens is 1. The molecule has 0 aliphatic carbocycles. The van der Waals surface area contributed by atoms with Gasteiger partial charge in [0.25, 0.3) is 5.91 Å². The molecule has 1 heterocycles. The maximum Gasteiger partial charge on any atom is 0.260 e. The number of rotatable bonds is 3. The lowest BCUT2D eigenvalue weighted by atomic mass is 10.1. The monoisotopic (exact) mass is 276 g/mol. The molecule has 2 aromatic rings. The van der Waals surface area contributed by atoms with Gasteiger partial charge in [0.15, 0.2) is 0 Å². The number of ether oxygens (including phenoxy) is 1. The fourth-order valence-corrected chi connectivity index (χ4v) is 1.79. The summed E-state index contributed by atoms with van der Waals surface area (Å²) in [4.78, 5) is 16.2. The van der Waals surface area contributed by atoms with Crippen molar-refractivity contribution in [3.63, 3.8) is 0 Å². The number of pyridine rings is 1. The van der Waals surface area contributed by atoms with E-state index in [1.807, 2.05) is 6.92 Å². The fraction of sp³-hybridized carbons (Fsp3) is 0.143. The Kier molecular flexibility index (Phi) is 4.02. The van der Waals surface area contributed by atoms with Crippen molar-refractivity contribution in [3.8, 4) is 5.75 Å². The van der Waals surface area contributed by atoms with Crippen LogP contribution in [0.15, 0.2) is 36.5 Å². The van der Waals surface area contributed by atoms with E-state index < -0.39 is 0 Å². The number of nitrogens with zero attached hydrogens (tertiary/aromatic N) is 1. The molecule has 0 aliphatic heterocycles. The average Bonchev–Trinajstić information content (AvgIpc) is 2.42. The number of benzene rings is 1. The van der Waals surface area contributed by atoms with Gasteiger partial charge < -0.3 is 10.1 Å². The van der Waals surface area contributed by atoms with Gasteiger partial charge in [-0.1, -0.05) is 17.7 Å².